The second-order valence-corrected chi connectivity index (χ2v) is 1.30. The van der Waals surface area contributed by atoms with Crippen LogP contribution in [0, 0.1) is 17.9 Å². The third-order valence-electron chi connectivity index (χ3n) is 0.682. The van der Waals surface area contributed by atoms with Crippen LogP contribution in [0.15, 0.2) is 23.9 Å². The fourth-order valence-corrected chi connectivity index (χ4v) is 0.287. The van der Waals surface area contributed by atoms with Gasteiger partial charge in [0.15, 0.2) is 0 Å². The van der Waals surface area contributed by atoms with Crippen molar-refractivity contribution >= 4 is 0 Å². The van der Waals surface area contributed by atoms with Crippen LogP contribution in [0.25, 0.3) is 4.85 Å². The molecule has 0 saturated carbocycles. The number of rotatable bonds is 1. The van der Waals surface area contributed by atoms with Crippen molar-refractivity contribution in [3.05, 3.63) is 35.3 Å². The van der Waals surface area contributed by atoms with Crippen LogP contribution in [0.4, 0.5) is 0 Å². The maximum Gasteiger partial charge on any atom is 0.261 e. The maximum absolute atomic E-state index is 8.19. The van der Waals surface area contributed by atoms with Crippen LogP contribution in [-0.2, 0) is 0 Å². The van der Waals surface area contributed by atoms with Gasteiger partial charge < -0.3 is 0 Å². The summed E-state index contributed by atoms with van der Waals surface area (Å²) >= 11 is 0. The van der Waals surface area contributed by atoms with E-state index in [-0.39, 0.29) is 5.70 Å². The standard InChI is InChI=1S/C7H6N2/c1-3-4-5-7(6-8)9-2/h3-5H,1H3/b4-3+,7-5+. The predicted octanol–water partition coefficient (Wildman–Crippen LogP) is 1.89. The van der Waals surface area contributed by atoms with Crippen molar-refractivity contribution in [3.63, 3.8) is 0 Å². The van der Waals surface area contributed by atoms with Gasteiger partial charge in [-0.15, -0.1) is 0 Å². The van der Waals surface area contributed by atoms with Gasteiger partial charge >= 0.3 is 0 Å². The molecule has 0 aromatic rings. The molecule has 44 valence electrons. The summed E-state index contributed by atoms with van der Waals surface area (Å²) in [6.07, 6.45) is 4.91. The van der Waals surface area contributed by atoms with E-state index in [1.54, 1.807) is 18.2 Å². The van der Waals surface area contributed by atoms with Crippen LogP contribution < -0.4 is 0 Å². The molecule has 0 aromatic carbocycles. The monoisotopic (exact) mass is 118 g/mol. The van der Waals surface area contributed by atoms with Crippen LogP contribution >= 0.6 is 0 Å². The first kappa shape index (κ1) is 7.46. The summed E-state index contributed by atoms with van der Waals surface area (Å²) in [5.74, 6) is 0. The lowest BCUT2D eigenvalue weighted by Crippen LogP contribution is -1.62. The summed E-state index contributed by atoms with van der Waals surface area (Å²) in [7, 11) is 0. The third-order valence-corrected chi connectivity index (χ3v) is 0.682. The third kappa shape index (κ3) is 3.08. The molecule has 0 unspecified atom stereocenters. The highest BCUT2D eigenvalue weighted by Crippen LogP contribution is 1.92. The molecule has 0 aliphatic carbocycles. The highest BCUT2D eigenvalue weighted by molar-refractivity contribution is 5.30. The average Bonchev–Trinajstić information content (AvgIpc) is 1.91. The van der Waals surface area contributed by atoms with Crippen LogP contribution in [0.5, 0.6) is 0 Å². The molecule has 0 radical (unpaired) electrons. The second kappa shape index (κ2) is 4.61. The fourth-order valence-electron chi connectivity index (χ4n) is 0.287. The first-order valence-electron chi connectivity index (χ1n) is 2.45. The maximum atomic E-state index is 8.19. The molecule has 0 amide bonds. The number of hydrogen-bond acceptors (Lipinski definition) is 1. The molecule has 2 nitrogen and oxygen atoms in total. The molecule has 0 aliphatic rings. The Morgan fingerprint density at radius 2 is 2.44 bits per heavy atom. The van der Waals surface area contributed by atoms with Crippen molar-refractivity contribution in [2.75, 3.05) is 0 Å². The summed E-state index contributed by atoms with van der Waals surface area (Å²) in [4.78, 5) is 2.94. The molecule has 0 saturated heterocycles. The topological polar surface area (TPSA) is 28.1 Å². The van der Waals surface area contributed by atoms with E-state index < -0.39 is 0 Å². The Kier molecular flexibility index (Phi) is 3.83. The minimum absolute atomic E-state index is 0.119. The van der Waals surface area contributed by atoms with E-state index in [2.05, 4.69) is 4.85 Å². The highest BCUT2D eigenvalue weighted by Gasteiger charge is 1.84. The van der Waals surface area contributed by atoms with Crippen molar-refractivity contribution in [3.8, 4) is 6.07 Å². The Bertz CT molecular complexity index is 194. The summed E-state index contributed by atoms with van der Waals surface area (Å²) in [6.45, 7) is 8.27. The molecular weight excluding hydrogens is 112 g/mol. The van der Waals surface area contributed by atoms with Crippen molar-refractivity contribution in [2.45, 2.75) is 6.92 Å². The van der Waals surface area contributed by atoms with Gasteiger partial charge in [-0.2, -0.15) is 0 Å². The fraction of sp³-hybridized carbons (Fsp3) is 0.143. The predicted molar refractivity (Wildman–Crippen MR) is 35.1 cm³/mol. The van der Waals surface area contributed by atoms with Crippen LogP contribution in [0.2, 0.25) is 0 Å². The largest absolute Gasteiger partial charge is 0.261 e. The Labute approximate surface area is 54.5 Å². The van der Waals surface area contributed by atoms with E-state index >= 15 is 0 Å². The van der Waals surface area contributed by atoms with Crippen molar-refractivity contribution in [2.24, 2.45) is 0 Å². The minimum Gasteiger partial charge on any atom is -0.227 e. The van der Waals surface area contributed by atoms with Gasteiger partial charge in [-0.3, -0.25) is 0 Å². The van der Waals surface area contributed by atoms with Gasteiger partial charge in [0, 0.05) is 0 Å². The van der Waals surface area contributed by atoms with Crippen molar-refractivity contribution < 1.29 is 0 Å². The van der Waals surface area contributed by atoms with Crippen LogP contribution in [0.3, 0.4) is 0 Å². The van der Waals surface area contributed by atoms with Crippen LogP contribution in [0.1, 0.15) is 6.92 Å². The van der Waals surface area contributed by atoms with E-state index in [4.69, 9.17) is 11.8 Å². The van der Waals surface area contributed by atoms with Crippen molar-refractivity contribution in [1.29, 1.82) is 5.26 Å². The van der Waals surface area contributed by atoms with Gasteiger partial charge in [0.05, 0.1) is 12.6 Å². The summed E-state index contributed by atoms with van der Waals surface area (Å²) in [5.41, 5.74) is 0.119. The molecule has 0 rings (SSSR count). The molecule has 0 aromatic heterocycles. The van der Waals surface area contributed by atoms with Gasteiger partial charge in [0.25, 0.3) is 5.70 Å². The average molecular weight is 118 g/mol. The van der Waals surface area contributed by atoms with E-state index in [1.165, 1.54) is 6.08 Å². The molecular formula is C7H6N2. The Balaban J connectivity index is 4.18. The van der Waals surface area contributed by atoms with E-state index in [9.17, 15) is 0 Å². The van der Waals surface area contributed by atoms with Gasteiger partial charge in [-0.1, -0.05) is 12.2 Å². The molecule has 0 aliphatic heterocycles. The summed E-state index contributed by atoms with van der Waals surface area (Å²) in [6, 6.07) is 1.74. The van der Waals surface area contributed by atoms with E-state index in [0.717, 1.165) is 0 Å². The molecule has 0 atom stereocenters. The summed E-state index contributed by atoms with van der Waals surface area (Å²) < 4.78 is 0. The lowest BCUT2D eigenvalue weighted by atomic mass is 10.4. The van der Waals surface area contributed by atoms with E-state index in [0.29, 0.717) is 0 Å². The molecule has 0 spiro atoms. The normalized spacial score (nSPS) is 10.8. The number of allylic oxidation sites excluding steroid dienone is 4. The Morgan fingerprint density at radius 1 is 1.78 bits per heavy atom. The van der Waals surface area contributed by atoms with Gasteiger partial charge in [-0.05, 0) is 13.0 Å². The van der Waals surface area contributed by atoms with Crippen molar-refractivity contribution in [1.82, 2.24) is 0 Å². The number of nitrogens with zero attached hydrogens (tertiary/aromatic N) is 2. The molecule has 0 heterocycles. The molecule has 2 heteroatoms. The number of nitriles is 1. The highest BCUT2D eigenvalue weighted by atomic mass is 14.7. The molecule has 9 heavy (non-hydrogen) atoms. The Hall–Kier alpha value is -1.54. The van der Waals surface area contributed by atoms with E-state index in [1.807, 2.05) is 6.92 Å². The quantitative estimate of drug-likeness (QED) is 0.293. The molecule has 0 bridgehead atoms. The number of hydrogen-bond donors (Lipinski definition) is 0. The van der Waals surface area contributed by atoms with Gasteiger partial charge in [0.1, 0.15) is 0 Å². The minimum atomic E-state index is 0.119. The first-order chi connectivity index (χ1) is 4.35. The summed E-state index contributed by atoms with van der Waals surface area (Å²) in [5, 5.41) is 8.19. The molecule has 0 N–H and O–H groups in total. The zero-order chi connectivity index (χ0) is 7.11. The first-order valence-corrected chi connectivity index (χ1v) is 2.45. The SMILES string of the molecule is [C-]#[N+]/C(C#N)=C/C=C/C. The zero-order valence-electron chi connectivity index (χ0n) is 5.13. The smallest absolute Gasteiger partial charge is 0.227 e. The second-order valence-electron chi connectivity index (χ2n) is 1.30. The van der Waals surface area contributed by atoms with Crippen LogP contribution in [-0.4, -0.2) is 0 Å². The lowest BCUT2D eigenvalue weighted by molar-refractivity contribution is 1.49. The van der Waals surface area contributed by atoms with Gasteiger partial charge in [-0.25, -0.2) is 10.1 Å². The lowest BCUT2D eigenvalue weighted by Gasteiger charge is -1.73. The zero-order valence-corrected chi connectivity index (χ0v) is 5.13. The van der Waals surface area contributed by atoms with Gasteiger partial charge in [0.2, 0.25) is 0 Å². The Morgan fingerprint density at radius 3 is 2.78 bits per heavy atom. The molecule has 0 fully saturated rings.